The Morgan fingerprint density at radius 2 is 1.88 bits per heavy atom. The van der Waals surface area contributed by atoms with Crippen LogP contribution in [0.15, 0.2) is 29.2 Å². The number of nitrogens with one attached hydrogen (secondary N) is 2. The standard InChI is InChI=1S/C15H20FN3O5S/c1-11(14(20)17-15(21)24-2)18-7-9-19(10-8-18)25(22,23)13-6-4-3-5-12(13)16/h3-6,11H,7-10H2,1-2H3,(H,17,20,21)/p+1/t11-/m1/s1. The molecule has 1 fully saturated rings. The Bertz CT molecular complexity index is 747. The Labute approximate surface area is 145 Å². The first kappa shape index (κ1) is 19.3. The molecule has 1 aromatic rings. The van der Waals surface area contributed by atoms with E-state index in [0.29, 0.717) is 13.1 Å². The molecule has 0 saturated carbocycles. The first-order valence-electron chi connectivity index (χ1n) is 7.75. The number of methoxy groups -OCH3 is 1. The minimum Gasteiger partial charge on any atom is -0.453 e. The molecule has 8 nitrogen and oxygen atoms in total. The highest BCUT2D eigenvalue weighted by Gasteiger charge is 2.35. The number of halogens is 1. The second-order valence-corrected chi connectivity index (χ2v) is 7.60. The number of sulfonamides is 1. The van der Waals surface area contributed by atoms with Crippen LogP contribution >= 0.6 is 0 Å². The molecule has 2 amide bonds. The predicted octanol–water partition coefficient (Wildman–Crippen LogP) is -1.01. The van der Waals surface area contributed by atoms with E-state index in [2.05, 4.69) is 10.1 Å². The van der Waals surface area contributed by atoms with Gasteiger partial charge in [-0.1, -0.05) is 12.1 Å². The topological polar surface area (TPSA) is 97.2 Å². The number of nitrogens with zero attached hydrogens (tertiary/aromatic N) is 1. The number of carbonyl (C=O) groups is 2. The number of hydrogen-bond acceptors (Lipinski definition) is 5. The third kappa shape index (κ3) is 4.33. The Morgan fingerprint density at radius 1 is 1.28 bits per heavy atom. The van der Waals surface area contributed by atoms with Crippen LogP contribution in [0.1, 0.15) is 6.92 Å². The molecule has 25 heavy (non-hydrogen) atoms. The van der Waals surface area contributed by atoms with E-state index in [-0.39, 0.29) is 18.0 Å². The molecule has 2 rings (SSSR count). The van der Waals surface area contributed by atoms with Crippen molar-refractivity contribution in [3.8, 4) is 0 Å². The van der Waals surface area contributed by atoms with Gasteiger partial charge in [-0.05, 0) is 19.1 Å². The molecule has 0 bridgehead atoms. The van der Waals surface area contributed by atoms with Gasteiger partial charge in [0.1, 0.15) is 10.7 Å². The van der Waals surface area contributed by atoms with Gasteiger partial charge in [0.05, 0.1) is 33.3 Å². The fourth-order valence-electron chi connectivity index (χ4n) is 2.69. The van der Waals surface area contributed by atoms with Crippen LogP contribution in [0.3, 0.4) is 0 Å². The van der Waals surface area contributed by atoms with E-state index < -0.39 is 33.9 Å². The maximum atomic E-state index is 13.8. The van der Waals surface area contributed by atoms with Crippen LogP contribution in [0.5, 0.6) is 0 Å². The Kier molecular flexibility index (Phi) is 6.09. The zero-order chi connectivity index (χ0) is 18.6. The molecular weight excluding hydrogens is 353 g/mol. The van der Waals surface area contributed by atoms with E-state index in [9.17, 15) is 22.4 Å². The summed E-state index contributed by atoms with van der Waals surface area (Å²) in [6.45, 7) is 2.69. The van der Waals surface area contributed by atoms with Crippen molar-refractivity contribution in [1.82, 2.24) is 9.62 Å². The number of ether oxygens (including phenoxy) is 1. The van der Waals surface area contributed by atoms with Crippen molar-refractivity contribution < 1.29 is 32.0 Å². The summed E-state index contributed by atoms with van der Waals surface area (Å²) < 4.78 is 44.5. The average molecular weight is 374 g/mol. The number of quaternary nitrogens is 1. The Hall–Kier alpha value is -2.04. The van der Waals surface area contributed by atoms with Crippen LogP contribution < -0.4 is 10.2 Å². The Balaban J connectivity index is 2.01. The van der Waals surface area contributed by atoms with Crippen LogP contribution in [0.2, 0.25) is 0 Å². The van der Waals surface area contributed by atoms with Crippen LogP contribution in [0, 0.1) is 5.82 Å². The first-order chi connectivity index (χ1) is 11.8. The molecule has 2 N–H and O–H groups in total. The summed E-state index contributed by atoms with van der Waals surface area (Å²) in [5.41, 5.74) is 0. The summed E-state index contributed by atoms with van der Waals surface area (Å²) in [5, 5.41) is 2.10. The molecule has 10 heteroatoms. The molecule has 1 saturated heterocycles. The van der Waals surface area contributed by atoms with E-state index in [0.717, 1.165) is 18.1 Å². The highest BCUT2D eigenvalue weighted by atomic mass is 32.2. The molecule has 1 atom stereocenters. The molecule has 138 valence electrons. The average Bonchev–Trinajstić information content (AvgIpc) is 2.61. The summed E-state index contributed by atoms with van der Waals surface area (Å²) >= 11 is 0. The lowest BCUT2D eigenvalue weighted by molar-refractivity contribution is -0.917. The highest BCUT2D eigenvalue weighted by Crippen LogP contribution is 2.18. The van der Waals surface area contributed by atoms with Crippen molar-refractivity contribution in [2.45, 2.75) is 17.9 Å². The third-order valence-corrected chi connectivity index (χ3v) is 6.17. The van der Waals surface area contributed by atoms with Gasteiger partial charge >= 0.3 is 6.09 Å². The van der Waals surface area contributed by atoms with Crippen molar-refractivity contribution in [3.05, 3.63) is 30.1 Å². The molecule has 0 radical (unpaired) electrons. The van der Waals surface area contributed by atoms with Gasteiger partial charge in [0.25, 0.3) is 5.91 Å². The van der Waals surface area contributed by atoms with Gasteiger partial charge in [0.15, 0.2) is 6.04 Å². The summed E-state index contributed by atoms with van der Waals surface area (Å²) in [6.07, 6.45) is -0.836. The van der Waals surface area contributed by atoms with Crippen molar-refractivity contribution in [3.63, 3.8) is 0 Å². The predicted molar refractivity (Wildman–Crippen MR) is 85.9 cm³/mol. The maximum Gasteiger partial charge on any atom is 0.413 e. The number of benzene rings is 1. The van der Waals surface area contributed by atoms with Crippen LogP contribution in [-0.2, 0) is 19.6 Å². The number of amides is 2. The monoisotopic (exact) mass is 374 g/mol. The minimum absolute atomic E-state index is 0.155. The molecule has 0 spiro atoms. The third-order valence-electron chi connectivity index (χ3n) is 4.24. The SMILES string of the molecule is COC(=O)NC(=O)[C@@H](C)[NH+]1CCN(S(=O)(=O)c2ccccc2F)CC1. The summed E-state index contributed by atoms with van der Waals surface area (Å²) in [6, 6.07) is 4.69. The van der Waals surface area contributed by atoms with Crippen LogP contribution in [0.4, 0.5) is 9.18 Å². The lowest BCUT2D eigenvalue weighted by atomic mass is 10.2. The first-order valence-corrected chi connectivity index (χ1v) is 9.19. The molecule has 1 aliphatic rings. The molecule has 1 aliphatic heterocycles. The minimum atomic E-state index is -3.91. The highest BCUT2D eigenvalue weighted by molar-refractivity contribution is 7.89. The molecule has 0 aliphatic carbocycles. The zero-order valence-corrected chi connectivity index (χ0v) is 14.8. The van der Waals surface area contributed by atoms with Crippen molar-refractivity contribution in [2.24, 2.45) is 0 Å². The number of piperazine rings is 1. The maximum absolute atomic E-state index is 13.8. The van der Waals surface area contributed by atoms with Gasteiger partial charge in [0.2, 0.25) is 10.0 Å². The van der Waals surface area contributed by atoms with Gasteiger partial charge in [-0.25, -0.2) is 17.6 Å². The number of alkyl carbamates (subject to hydrolysis) is 1. The smallest absolute Gasteiger partial charge is 0.413 e. The second kappa shape index (κ2) is 7.89. The van der Waals surface area contributed by atoms with E-state index in [4.69, 9.17) is 0 Å². The van der Waals surface area contributed by atoms with Crippen molar-refractivity contribution in [1.29, 1.82) is 0 Å². The molecule has 0 aromatic heterocycles. The lowest BCUT2D eigenvalue weighted by Crippen LogP contribution is -3.19. The fourth-order valence-corrected chi connectivity index (χ4v) is 4.19. The van der Waals surface area contributed by atoms with E-state index in [1.807, 2.05) is 0 Å². The number of hydrogen-bond donors (Lipinski definition) is 2. The molecular formula is C15H21FN3O5S+. The number of rotatable bonds is 4. The van der Waals surface area contributed by atoms with Gasteiger partial charge in [0, 0.05) is 0 Å². The van der Waals surface area contributed by atoms with Gasteiger partial charge < -0.3 is 9.64 Å². The van der Waals surface area contributed by atoms with E-state index in [1.165, 1.54) is 22.5 Å². The Morgan fingerprint density at radius 3 is 2.44 bits per heavy atom. The summed E-state index contributed by atoms with van der Waals surface area (Å²) in [5.74, 6) is -1.28. The van der Waals surface area contributed by atoms with Gasteiger partial charge in [-0.3, -0.25) is 10.1 Å². The molecule has 1 aromatic carbocycles. The molecule has 1 heterocycles. The van der Waals surface area contributed by atoms with Gasteiger partial charge in [-0.2, -0.15) is 4.31 Å². The van der Waals surface area contributed by atoms with Gasteiger partial charge in [-0.15, -0.1) is 0 Å². The van der Waals surface area contributed by atoms with E-state index in [1.54, 1.807) is 6.92 Å². The summed E-state index contributed by atoms with van der Waals surface area (Å²) in [7, 11) is -2.76. The fraction of sp³-hybridized carbons (Fsp3) is 0.467. The molecule has 0 unspecified atom stereocenters. The largest absolute Gasteiger partial charge is 0.453 e. The quantitative estimate of drug-likeness (QED) is 0.704. The number of carbonyl (C=O) groups excluding carboxylic acids is 2. The summed E-state index contributed by atoms with van der Waals surface area (Å²) in [4.78, 5) is 23.5. The normalized spacial score (nSPS) is 17.7. The van der Waals surface area contributed by atoms with Crippen molar-refractivity contribution >= 4 is 22.0 Å². The second-order valence-electron chi connectivity index (χ2n) is 5.70. The van der Waals surface area contributed by atoms with Crippen LogP contribution in [0.25, 0.3) is 0 Å². The van der Waals surface area contributed by atoms with Crippen molar-refractivity contribution in [2.75, 3.05) is 33.3 Å². The van der Waals surface area contributed by atoms with E-state index >= 15 is 0 Å². The van der Waals surface area contributed by atoms with Crippen LogP contribution in [-0.4, -0.2) is 64.1 Å². The lowest BCUT2D eigenvalue weighted by Gasteiger charge is -2.34. The zero-order valence-electron chi connectivity index (χ0n) is 14.0. The number of imide groups is 1.